The van der Waals surface area contributed by atoms with Gasteiger partial charge in [0.25, 0.3) is 5.69 Å². The Labute approximate surface area is 182 Å². The third kappa shape index (κ3) is 4.49. The molecule has 1 amide bonds. The van der Waals surface area contributed by atoms with Gasteiger partial charge in [-0.05, 0) is 48.0 Å². The van der Waals surface area contributed by atoms with E-state index >= 15 is 0 Å². The summed E-state index contributed by atoms with van der Waals surface area (Å²) < 4.78 is 25.5. The SMILES string of the molecule is O=C(/C=C\c1ccc([N+](=O)[O-])cc1)Nc1c2c(nn1-c1ccc(Cl)cc1)CS(=O)(=O)C2. The van der Waals surface area contributed by atoms with Gasteiger partial charge in [-0.3, -0.25) is 14.9 Å². The van der Waals surface area contributed by atoms with Crippen molar-refractivity contribution in [2.75, 3.05) is 5.32 Å². The van der Waals surface area contributed by atoms with Crippen molar-refractivity contribution in [3.8, 4) is 5.69 Å². The minimum Gasteiger partial charge on any atom is -0.307 e. The molecule has 9 nitrogen and oxygen atoms in total. The van der Waals surface area contributed by atoms with Crippen molar-refractivity contribution in [3.63, 3.8) is 0 Å². The average molecular weight is 459 g/mol. The van der Waals surface area contributed by atoms with Crippen LogP contribution in [0.1, 0.15) is 16.8 Å². The normalized spacial score (nSPS) is 14.5. The zero-order valence-corrected chi connectivity index (χ0v) is 17.4. The van der Waals surface area contributed by atoms with Crippen molar-refractivity contribution in [2.24, 2.45) is 0 Å². The van der Waals surface area contributed by atoms with E-state index < -0.39 is 20.7 Å². The van der Waals surface area contributed by atoms with Crippen LogP contribution in [0.15, 0.2) is 54.6 Å². The van der Waals surface area contributed by atoms with Gasteiger partial charge in [-0.1, -0.05) is 11.6 Å². The Balaban J connectivity index is 1.61. The van der Waals surface area contributed by atoms with E-state index in [-0.39, 0.29) is 23.0 Å². The number of hydrogen-bond acceptors (Lipinski definition) is 6. The summed E-state index contributed by atoms with van der Waals surface area (Å²) in [5.74, 6) is -0.625. The number of nitrogens with zero attached hydrogens (tertiary/aromatic N) is 3. The molecule has 0 unspecified atom stereocenters. The lowest BCUT2D eigenvalue weighted by Gasteiger charge is -2.10. The van der Waals surface area contributed by atoms with E-state index in [4.69, 9.17) is 11.6 Å². The summed E-state index contributed by atoms with van der Waals surface area (Å²) in [5, 5.41) is 18.3. The Kier molecular flexibility index (Phi) is 5.34. The maximum absolute atomic E-state index is 12.5. The predicted octanol–water partition coefficient (Wildman–Crippen LogP) is 3.51. The van der Waals surface area contributed by atoms with Gasteiger partial charge in [0.05, 0.1) is 27.8 Å². The second-order valence-corrected chi connectivity index (χ2v) is 9.37. The van der Waals surface area contributed by atoms with Crippen LogP contribution in [0.4, 0.5) is 11.5 Å². The molecule has 1 N–H and O–H groups in total. The van der Waals surface area contributed by atoms with Crippen molar-refractivity contribution in [3.05, 3.63) is 86.6 Å². The molecule has 1 aromatic heterocycles. The van der Waals surface area contributed by atoms with Crippen LogP contribution in [-0.2, 0) is 26.1 Å². The molecule has 0 fully saturated rings. The van der Waals surface area contributed by atoms with E-state index in [1.807, 2.05) is 0 Å². The van der Waals surface area contributed by atoms with Gasteiger partial charge in [-0.2, -0.15) is 5.10 Å². The topological polar surface area (TPSA) is 124 Å². The van der Waals surface area contributed by atoms with E-state index in [9.17, 15) is 23.3 Å². The maximum atomic E-state index is 12.5. The lowest BCUT2D eigenvalue weighted by Crippen LogP contribution is -2.14. The molecule has 0 spiro atoms. The van der Waals surface area contributed by atoms with Crippen molar-refractivity contribution in [1.29, 1.82) is 0 Å². The number of amides is 1. The number of carbonyl (C=O) groups excluding carboxylic acids is 1. The third-order valence-corrected chi connectivity index (χ3v) is 6.33. The van der Waals surface area contributed by atoms with Crippen LogP contribution in [0.2, 0.25) is 5.02 Å². The highest BCUT2D eigenvalue weighted by Gasteiger charge is 2.33. The molecule has 0 aliphatic carbocycles. The number of rotatable bonds is 5. The average Bonchev–Trinajstić information content (AvgIpc) is 3.19. The molecule has 4 rings (SSSR count). The standard InChI is InChI=1S/C20H15ClN4O5S/c21-14-4-8-15(9-5-14)24-20(17-11-31(29,30)12-18(17)23-24)22-19(26)10-3-13-1-6-16(7-2-13)25(27)28/h1-10H,11-12H2,(H,22,26)/b10-3-. The summed E-state index contributed by atoms with van der Waals surface area (Å²) in [4.78, 5) is 22.8. The summed E-state index contributed by atoms with van der Waals surface area (Å²) >= 11 is 5.94. The van der Waals surface area contributed by atoms with Gasteiger partial charge >= 0.3 is 0 Å². The highest BCUT2D eigenvalue weighted by atomic mass is 35.5. The van der Waals surface area contributed by atoms with Gasteiger partial charge in [0.1, 0.15) is 5.82 Å². The number of nitro benzene ring substituents is 1. The summed E-state index contributed by atoms with van der Waals surface area (Å²) in [6.07, 6.45) is 2.76. The fourth-order valence-corrected chi connectivity index (χ4v) is 4.80. The molecule has 3 aromatic rings. The summed E-state index contributed by atoms with van der Waals surface area (Å²) in [7, 11) is -3.31. The second-order valence-electron chi connectivity index (χ2n) is 6.87. The first-order valence-corrected chi connectivity index (χ1v) is 11.2. The molecule has 1 aliphatic heterocycles. The van der Waals surface area contributed by atoms with Crippen LogP contribution in [0, 0.1) is 10.1 Å². The fraction of sp³-hybridized carbons (Fsp3) is 0.100. The Bertz CT molecular complexity index is 1310. The van der Waals surface area contributed by atoms with Crippen LogP contribution in [0.5, 0.6) is 0 Å². The number of non-ortho nitro benzene ring substituents is 1. The van der Waals surface area contributed by atoms with E-state index in [0.717, 1.165) is 0 Å². The van der Waals surface area contributed by atoms with E-state index in [2.05, 4.69) is 10.4 Å². The first-order chi connectivity index (χ1) is 14.7. The predicted molar refractivity (Wildman–Crippen MR) is 116 cm³/mol. The molecular formula is C20H15ClN4O5S. The Morgan fingerprint density at radius 2 is 1.81 bits per heavy atom. The van der Waals surface area contributed by atoms with Gasteiger partial charge in [-0.15, -0.1) is 0 Å². The number of sulfone groups is 1. The molecule has 1 aliphatic rings. The quantitative estimate of drug-likeness (QED) is 0.354. The summed E-state index contributed by atoms with van der Waals surface area (Å²) in [6, 6.07) is 12.5. The van der Waals surface area contributed by atoms with Gasteiger partial charge in [0.15, 0.2) is 9.84 Å². The van der Waals surface area contributed by atoms with Crippen LogP contribution < -0.4 is 5.32 Å². The molecule has 0 bridgehead atoms. The van der Waals surface area contributed by atoms with Gasteiger partial charge in [0.2, 0.25) is 5.91 Å². The highest BCUT2D eigenvalue weighted by molar-refractivity contribution is 7.90. The third-order valence-electron chi connectivity index (χ3n) is 4.63. The Morgan fingerprint density at radius 1 is 1.13 bits per heavy atom. The number of anilines is 1. The zero-order chi connectivity index (χ0) is 22.2. The molecule has 11 heteroatoms. The minimum absolute atomic E-state index is 0.0507. The fourth-order valence-electron chi connectivity index (χ4n) is 3.18. The van der Waals surface area contributed by atoms with Crippen LogP contribution in [0.25, 0.3) is 11.8 Å². The van der Waals surface area contributed by atoms with E-state index in [0.29, 0.717) is 27.5 Å². The van der Waals surface area contributed by atoms with E-state index in [1.165, 1.54) is 41.1 Å². The lowest BCUT2D eigenvalue weighted by atomic mass is 10.2. The largest absolute Gasteiger partial charge is 0.307 e. The summed E-state index contributed by atoms with van der Waals surface area (Å²) in [6.45, 7) is 0. The number of nitrogens with one attached hydrogen (secondary N) is 1. The number of carbonyl (C=O) groups is 1. The Hall–Kier alpha value is -3.50. The molecule has 158 valence electrons. The van der Waals surface area contributed by atoms with Crippen molar-refractivity contribution >= 4 is 44.9 Å². The van der Waals surface area contributed by atoms with Gasteiger partial charge < -0.3 is 5.32 Å². The molecule has 0 saturated carbocycles. The van der Waals surface area contributed by atoms with Crippen molar-refractivity contribution < 1.29 is 18.1 Å². The zero-order valence-electron chi connectivity index (χ0n) is 15.9. The molecule has 0 saturated heterocycles. The molecule has 2 aromatic carbocycles. The molecular weight excluding hydrogens is 444 g/mol. The minimum atomic E-state index is -3.31. The monoisotopic (exact) mass is 458 g/mol. The van der Waals surface area contributed by atoms with Gasteiger partial charge in [-0.25, -0.2) is 13.1 Å². The number of aromatic nitrogens is 2. The molecule has 2 heterocycles. The molecule has 0 atom stereocenters. The molecule has 0 radical (unpaired) electrons. The number of fused-ring (bicyclic) bond motifs is 1. The second kappa shape index (κ2) is 7.97. The Morgan fingerprint density at radius 3 is 2.45 bits per heavy atom. The number of halogens is 1. The van der Waals surface area contributed by atoms with E-state index in [1.54, 1.807) is 24.3 Å². The van der Waals surface area contributed by atoms with Gasteiger partial charge in [0, 0.05) is 28.8 Å². The first-order valence-electron chi connectivity index (χ1n) is 9.02. The van der Waals surface area contributed by atoms with Crippen LogP contribution in [-0.4, -0.2) is 29.0 Å². The smallest absolute Gasteiger partial charge is 0.269 e. The lowest BCUT2D eigenvalue weighted by molar-refractivity contribution is -0.384. The maximum Gasteiger partial charge on any atom is 0.269 e. The van der Waals surface area contributed by atoms with Crippen LogP contribution >= 0.6 is 11.6 Å². The van der Waals surface area contributed by atoms with Crippen LogP contribution in [0.3, 0.4) is 0 Å². The van der Waals surface area contributed by atoms with Crippen molar-refractivity contribution in [2.45, 2.75) is 11.5 Å². The van der Waals surface area contributed by atoms with Crippen molar-refractivity contribution in [1.82, 2.24) is 9.78 Å². The number of nitro groups is 1. The number of hydrogen-bond donors (Lipinski definition) is 1. The number of benzene rings is 2. The first kappa shape index (κ1) is 20.8. The summed E-state index contributed by atoms with van der Waals surface area (Å²) in [5.41, 5.74) is 2.01. The highest BCUT2D eigenvalue weighted by Crippen LogP contribution is 2.33. The molecule has 31 heavy (non-hydrogen) atoms.